The fourth-order valence-corrected chi connectivity index (χ4v) is 0.756. The van der Waals surface area contributed by atoms with Crippen molar-refractivity contribution in [2.45, 2.75) is 0 Å². The van der Waals surface area contributed by atoms with Gasteiger partial charge in [-0.3, -0.25) is 10.1 Å². The minimum atomic E-state index is 0.442. The lowest BCUT2D eigenvalue weighted by molar-refractivity contribution is -0.105. The van der Waals surface area contributed by atoms with Crippen molar-refractivity contribution in [2.75, 3.05) is 5.32 Å². The molecule has 0 aromatic carbocycles. The zero-order chi connectivity index (χ0) is 6.69. The van der Waals surface area contributed by atoms with E-state index in [9.17, 15) is 4.79 Å². The predicted molar refractivity (Wildman–Crippen MR) is 36.1 cm³/mol. The van der Waals surface area contributed by atoms with Crippen molar-refractivity contribution < 1.29 is 9.21 Å². The first-order valence-electron chi connectivity index (χ1n) is 2.28. The molecule has 48 valence electrons. The van der Waals surface area contributed by atoms with Crippen molar-refractivity contribution in [1.82, 2.24) is 0 Å². The fourth-order valence-electron chi connectivity index (χ4n) is 0.450. The van der Waals surface area contributed by atoms with Crippen LogP contribution in [0.5, 0.6) is 0 Å². The Labute approximate surface area is 60.2 Å². The number of hydrogen-bond donors (Lipinski definition) is 1. The smallest absolute Gasteiger partial charge is 0.213 e. The van der Waals surface area contributed by atoms with Gasteiger partial charge in [-0.15, -0.1) is 0 Å². The lowest BCUT2D eigenvalue weighted by Crippen LogP contribution is -1.89. The van der Waals surface area contributed by atoms with Gasteiger partial charge in [-0.05, 0) is 22.0 Å². The molecule has 9 heavy (non-hydrogen) atoms. The maximum absolute atomic E-state index is 9.80. The second-order valence-corrected chi connectivity index (χ2v) is 2.15. The normalized spacial score (nSPS) is 9.00. The SMILES string of the molecule is O=CNc1ccc(Br)o1. The molecular formula is C5H4BrNO2. The summed E-state index contributed by atoms with van der Waals surface area (Å²) in [5.74, 6) is 0.442. The summed E-state index contributed by atoms with van der Waals surface area (Å²) in [7, 11) is 0. The highest BCUT2D eigenvalue weighted by Gasteiger charge is 1.94. The van der Waals surface area contributed by atoms with Crippen LogP contribution in [0.15, 0.2) is 21.2 Å². The molecule has 0 aliphatic rings. The highest BCUT2D eigenvalue weighted by atomic mass is 79.9. The molecule has 0 saturated heterocycles. The quantitative estimate of drug-likeness (QED) is 0.719. The Morgan fingerprint density at radius 3 is 2.89 bits per heavy atom. The van der Waals surface area contributed by atoms with Crippen molar-refractivity contribution in [2.24, 2.45) is 0 Å². The number of nitrogens with one attached hydrogen (secondary N) is 1. The molecule has 1 aromatic heterocycles. The van der Waals surface area contributed by atoms with Crippen molar-refractivity contribution in [3.8, 4) is 0 Å². The summed E-state index contributed by atoms with van der Waals surface area (Å²) in [6, 6.07) is 3.35. The van der Waals surface area contributed by atoms with Crippen LogP contribution < -0.4 is 5.32 Å². The molecule has 1 aromatic rings. The summed E-state index contributed by atoms with van der Waals surface area (Å²) in [5, 5.41) is 2.35. The van der Waals surface area contributed by atoms with E-state index >= 15 is 0 Å². The van der Waals surface area contributed by atoms with E-state index in [1.165, 1.54) is 0 Å². The number of furan rings is 1. The molecule has 4 heteroatoms. The molecule has 0 unspecified atom stereocenters. The maximum atomic E-state index is 9.80. The van der Waals surface area contributed by atoms with Crippen LogP contribution in [0.4, 0.5) is 5.88 Å². The lowest BCUT2D eigenvalue weighted by Gasteiger charge is -1.86. The van der Waals surface area contributed by atoms with E-state index in [0.717, 1.165) is 0 Å². The van der Waals surface area contributed by atoms with E-state index in [2.05, 4.69) is 21.2 Å². The van der Waals surface area contributed by atoms with Crippen LogP contribution >= 0.6 is 15.9 Å². The van der Waals surface area contributed by atoms with Gasteiger partial charge in [0.05, 0.1) is 0 Å². The zero-order valence-electron chi connectivity index (χ0n) is 4.43. The van der Waals surface area contributed by atoms with E-state index in [-0.39, 0.29) is 0 Å². The predicted octanol–water partition coefficient (Wildman–Crippen LogP) is 1.61. The van der Waals surface area contributed by atoms with Gasteiger partial charge in [0.1, 0.15) is 0 Å². The summed E-state index contributed by atoms with van der Waals surface area (Å²) in [6.07, 6.45) is 0.561. The number of rotatable bonds is 2. The van der Waals surface area contributed by atoms with Crippen LogP contribution in [0, 0.1) is 0 Å². The number of carbonyl (C=O) groups excluding carboxylic acids is 1. The molecule has 0 spiro atoms. The molecule has 3 nitrogen and oxygen atoms in total. The van der Waals surface area contributed by atoms with Gasteiger partial charge in [-0.1, -0.05) is 0 Å². The largest absolute Gasteiger partial charge is 0.434 e. The molecular weight excluding hydrogens is 186 g/mol. The van der Waals surface area contributed by atoms with Gasteiger partial charge in [0.25, 0.3) is 0 Å². The number of anilines is 1. The lowest BCUT2D eigenvalue weighted by atomic mass is 10.6. The number of halogens is 1. The summed E-state index contributed by atoms with van der Waals surface area (Å²) in [6.45, 7) is 0. The van der Waals surface area contributed by atoms with Gasteiger partial charge >= 0.3 is 0 Å². The molecule has 0 bridgehead atoms. The highest BCUT2D eigenvalue weighted by molar-refractivity contribution is 9.10. The molecule has 0 aliphatic carbocycles. The number of amides is 1. The van der Waals surface area contributed by atoms with Crippen molar-refractivity contribution in [3.63, 3.8) is 0 Å². The highest BCUT2D eigenvalue weighted by Crippen LogP contribution is 2.17. The third-order valence-electron chi connectivity index (χ3n) is 0.774. The summed E-state index contributed by atoms with van der Waals surface area (Å²) >= 11 is 3.08. The van der Waals surface area contributed by atoms with Crippen LogP contribution in [0.1, 0.15) is 0 Å². The van der Waals surface area contributed by atoms with E-state index in [4.69, 9.17) is 4.42 Å². The molecule has 0 radical (unpaired) electrons. The van der Waals surface area contributed by atoms with Gasteiger partial charge in [0.15, 0.2) is 4.67 Å². The number of hydrogen-bond acceptors (Lipinski definition) is 2. The van der Waals surface area contributed by atoms with Gasteiger partial charge in [0, 0.05) is 6.07 Å². The Bertz CT molecular complexity index is 208. The van der Waals surface area contributed by atoms with Crippen LogP contribution in [-0.2, 0) is 4.79 Å². The van der Waals surface area contributed by atoms with E-state index < -0.39 is 0 Å². The van der Waals surface area contributed by atoms with Crippen molar-refractivity contribution in [3.05, 3.63) is 16.8 Å². The van der Waals surface area contributed by atoms with Crippen LogP contribution in [-0.4, -0.2) is 6.41 Å². The van der Waals surface area contributed by atoms with Crippen LogP contribution in [0.25, 0.3) is 0 Å². The Kier molecular flexibility index (Phi) is 1.89. The Morgan fingerprint density at radius 2 is 2.44 bits per heavy atom. The second-order valence-electron chi connectivity index (χ2n) is 1.37. The first-order valence-corrected chi connectivity index (χ1v) is 3.08. The monoisotopic (exact) mass is 189 g/mol. The van der Waals surface area contributed by atoms with Gasteiger partial charge < -0.3 is 4.42 Å². The van der Waals surface area contributed by atoms with E-state index in [1.807, 2.05) is 0 Å². The maximum Gasteiger partial charge on any atom is 0.213 e. The van der Waals surface area contributed by atoms with E-state index in [1.54, 1.807) is 12.1 Å². The molecule has 0 atom stereocenters. The van der Waals surface area contributed by atoms with E-state index in [0.29, 0.717) is 17.0 Å². The van der Waals surface area contributed by atoms with Gasteiger partial charge in [-0.25, -0.2) is 0 Å². The van der Waals surface area contributed by atoms with Crippen LogP contribution in [0.2, 0.25) is 0 Å². The standard InChI is InChI=1S/C5H4BrNO2/c6-4-1-2-5(9-4)7-3-8/h1-3H,(H,7,8). The molecule has 0 saturated carbocycles. The average molecular weight is 190 g/mol. The Hall–Kier alpha value is -0.770. The van der Waals surface area contributed by atoms with Crippen molar-refractivity contribution in [1.29, 1.82) is 0 Å². The second kappa shape index (κ2) is 2.68. The average Bonchev–Trinajstić information content (AvgIpc) is 2.17. The molecule has 0 fully saturated rings. The number of carbonyl (C=O) groups is 1. The molecule has 1 heterocycles. The third-order valence-corrected chi connectivity index (χ3v) is 1.20. The van der Waals surface area contributed by atoms with Gasteiger partial charge in [-0.2, -0.15) is 0 Å². The summed E-state index contributed by atoms with van der Waals surface area (Å²) in [4.78, 5) is 9.80. The summed E-state index contributed by atoms with van der Waals surface area (Å²) in [5.41, 5.74) is 0. The molecule has 1 rings (SSSR count). The third kappa shape index (κ3) is 1.57. The topological polar surface area (TPSA) is 42.2 Å². The fraction of sp³-hybridized carbons (Fsp3) is 0. The first-order chi connectivity index (χ1) is 4.33. The first kappa shape index (κ1) is 6.35. The zero-order valence-corrected chi connectivity index (χ0v) is 6.01. The molecule has 0 aliphatic heterocycles. The Morgan fingerprint density at radius 1 is 1.67 bits per heavy atom. The van der Waals surface area contributed by atoms with Crippen molar-refractivity contribution >= 4 is 28.2 Å². The molecule has 1 N–H and O–H groups in total. The minimum absolute atomic E-state index is 0.442. The van der Waals surface area contributed by atoms with Crippen LogP contribution in [0.3, 0.4) is 0 Å². The Balaban J connectivity index is 2.72. The molecule has 1 amide bonds. The summed E-state index contributed by atoms with van der Waals surface area (Å²) < 4.78 is 5.50. The minimum Gasteiger partial charge on any atom is -0.434 e. The van der Waals surface area contributed by atoms with Gasteiger partial charge in [0.2, 0.25) is 12.3 Å².